The van der Waals surface area contributed by atoms with Gasteiger partial charge in [-0.25, -0.2) is 9.97 Å². The zero-order valence-corrected chi connectivity index (χ0v) is 14.3. The Morgan fingerprint density at radius 1 is 1.15 bits per heavy atom. The normalized spacial score (nSPS) is 11.4. The maximum absolute atomic E-state index is 12.8. The molecule has 0 aliphatic rings. The van der Waals surface area contributed by atoms with E-state index in [-0.39, 0.29) is 30.4 Å². The number of aryl methyl sites for hydroxylation is 1. The molecule has 0 aliphatic heterocycles. The van der Waals surface area contributed by atoms with E-state index in [1.54, 1.807) is 30.5 Å². The van der Waals surface area contributed by atoms with Crippen LogP contribution in [0.2, 0.25) is 0 Å². The summed E-state index contributed by atoms with van der Waals surface area (Å²) in [6.45, 7) is 1.60. The first-order valence-corrected chi connectivity index (χ1v) is 8.13. The predicted octanol–water partition coefficient (Wildman–Crippen LogP) is 3.17. The number of alkyl halides is 3. The van der Waals surface area contributed by atoms with Crippen LogP contribution in [0.25, 0.3) is 11.3 Å². The fourth-order valence-corrected chi connectivity index (χ4v) is 2.49. The van der Waals surface area contributed by atoms with Crippen molar-refractivity contribution in [3.63, 3.8) is 0 Å². The van der Waals surface area contributed by atoms with Gasteiger partial charge in [-0.3, -0.25) is 9.89 Å². The van der Waals surface area contributed by atoms with E-state index in [1.807, 2.05) is 6.07 Å². The van der Waals surface area contributed by atoms with Crippen molar-refractivity contribution >= 4 is 5.91 Å². The predicted molar refractivity (Wildman–Crippen MR) is 91.8 cm³/mol. The molecule has 9 heteroatoms. The number of amides is 1. The Bertz CT molecular complexity index is 921. The molecule has 2 N–H and O–H groups in total. The van der Waals surface area contributed by atoms with Crippen LogP contribution in [0.4, 0.5) is 13.2 Å². The van der Waals surface area contributed by atoms with E-state index in [0.717, 1.165) is 17.3 Å². The highest BCUT2D eigenvalue weighted by Crippen LogP contribution is 2.27. The van der Waals surface area contributed by atoms with Gasteiger partial charge < -0.3 is 5.32 Å². The van der Waals surface area contributed by atoms with Crippen molar-refractivity contribution in [2.45, 2.75) is 19.5 Å². The fraction of sp³-hybridized carbons (Fsp3) is 0.222. The van der Waals surface area contributed by atoms with Crippen LogP contribution in [0.3, 0.4) is 0 Å². The molecule has 0 fully saturated rings. The summed E-state index contributed by atoms with van der Waals surface area (Å²) in [4.78, 5) is 19.7. The van der Waals surface area contributed by atoms with Gasteiger partial charge in [0.1, 0.15) is 11.5 Å². The maximum Gasteiger partial charge on any atom is 0.433 e. The van der Waals surface area contributed by atoms with E-state index >= 15 is 0 Å². The molecular formula is C18H16F3N5O. The second-order valence-electron chi connectivity index (χ2n) is 5.86. The van der Waals surface area contributed by atoms with E-state index in [4.69, 9.17) is 0 Å². The molecule has 0 aliphatic carbocycles. The van der Waals surface area contributed by atoms with Crippen LogP contribution < -0.4 is 5.32 Å². The number of nitrogens with zero attached hydrogens (tertiary/aromatic N) is 3. The number of benzene rings is 1. The van der Waals surface area contributed by atoms with E-state index in [0.29, 0.717) is 5.56 Å². The van der Waals surface area contributed by atoms with E-state index in [9.17, 15) is 18.0 Å². The van der Waals surface area contributed by atoms with Crippen molar-refractivity contribution < 1.29 is 18.0 Å². The molecule has 1 aromatic carbocycles. The standard InChI is InChI=1S/C18H16F3N5O/c1-11-10-15(18(19,20)21)25-16(24-11)7-8-22-17(27)13-4-2-12(3-5-13)14-6-9-23-26-14/h2-6,9-10H,7-8H2,1H3,(H,22,27)(H,23,26). The smallest absolute Gasteiger partial charge is 0.352 e. The first-order valence-electron chi connectivity index (χ1n) is 8.13. The zero-order valence-electron chi connectivity index (χ0n) is 14.3. The Morgan fingerprint density at radius 2 is 1.89 bits per heavy atom. The molecule has 140 valence electrons. The van der Waals surface area contributed by atoms with Gasteiger partial charge in [-0.05, 0) is 36.8 Å². The van der Waals surface area contributed by atoms with Crippen molar-refractivity contribution in [1.29, 1.82) is 0 Å². The Balaban J connectivity index is 1.59. The molecule has 27 heavy (non-hydrogen) atoms. The maximum atomic E-state index is 12.8. The molecule has 0 spiro atoms. The number of halogens is 3. The van der Waals surface area contributed by atoms with Gasteiger partial charge in [0, 0.05) is 30.4 Å². The van der Waals surface area contributed by atoms with Crippen LogP contribution in [0.5, 0.6) is 0 Å². The summed E-state index contributed by atoms with van der Waals surface area (Å²) in [7, 11) is 0. The van der Waals surface area contributed by atoms with Crippen LogP contribution >= 0.6 is 0 Å². The third kappa shape index (κ3) is 4.69. The summed E-state index contributed by atoms with van der Waals surface area (Å²) >= 11 is 0. The Hall–Kier alpha value is -3.23. The lowest BCUT2D eigenvalue weighted by atomic mass is 10.1. The number of aromatic nitrogens is 4. The third-order valence-corrected chi connectivity index (χ3v) is 3.78. The van der Waals surface area contributed by atoms with Gasteiger partial charge in [0.25, 0.3) is 5.91 Å². The number of aromatic amines is 1. The fourth-order valence-electron chi connectivity index (χ4n) is 2.49. The lowest BCUT2D eigenvalue weighted by Crippen LogP contribution is -2.26. The highest BCUT2D eigenvalue weighted by molar-refractivity contribution is 5.94. The van der Waals surface area contributed by atoms with Crippen molar-refractivity contribution in [3.05, 3.63) is 65.4 Å². The minimum Gasteiger partial charge on any atom is -0.352 e. The van der Waals surface area contributed by atoms with E-state index < -0.39 is 11.9 Å². The summed E-state index contributed by atoms with van der Waals surface area (Å²) in [5.41, 5.74) is 1.41. The molecule has 0 radical (unpaired) electrons. The van der Waals surface area contributed by atoms with Crippen molar-refractivity contribution in [2.75, 3.05) is 6.54 Å². The first-order chi connectivity index (χ1) is 12.8. The average molecular weight is 375 g/mol. The molecule has 0 unspecified atom stereocenters. The molecule has 0 atom stereocenters. The number of rotatable bonds is 5. The molecule has 2 heterocycles. The van der Waals surface area contributed by atoms with Gasteiger partial charge in [0.2, 0.25) is 0 Å². The van der Waals surface area contributed by atoms with Crippen LogP contribution in [-0.2, 0) is 12.6 Å². The third-order valence-electron chi connectivity index (χ3n) is 3.78. The second-order valence-corrected chi connectivity index (χ2v) is 5.86. The molecule has 2 aromatic heterocycles. The Labute approximate surface area is 152 Å². The Morgan fingerprint density at radius 3 is 2.52 bits per heavy atom. The molecule has 0 bridgehead atoms. The van der Waals surface area contributed by atoms with Crippen LogP contribution in [0.15, 0.2) is 42.6 Å². The van der Waals surface area contributed by atoms with Crippen LogP contribution in [-0.4, -0.2) is 32.6 Å². The minimum atomic E-state index is -4.53. The topological polar surface area (TPSA) is 83.6 Å². The van der Waals surface area contributed by atoms with Crippen LogP contribution in [0, 0.1) is 6.92 Å². The molecule has 1 amide bonds. The molecular weight excluding hydrogens is 359 g/mol. The highest BCUT2D eigenvalue weighted by atomic mass is 19.4. The van der Waals surface area contributed by atoms with E-state index in [1.165, 1.54) is 6.92 Å². The van der Waals surface area contributed by atoms with Gasteiger partial charge in [0.05, 0.1) is 5.69 Å². The lowest BCUT2D eigenvalue weighted by Gasteiger charge is -2.09. The van der Waals surface area contributed by atoms with Gasteiger partial charge >= 0.3 is 6.18 Å². The largest absolute Gasteiger partial charge is 0.433 e. The number of nitrogens with one attached hydrogen (secondary N) is 2. The summed E-state index contributed by atoms with van der Waals surface area (Å²) < 4.78 is 38.4. The summed E-state index contributed by atoms with van der Waals surface area (Å²) in [5.74, 6) is -0.285. The zero-order chi connectivity index (χ0) is 19.4. The summed E-state index contributed by atoms with van der Waals surface area (Å²) in [6.07, 6.45) is -2.79. The monoisotopic (exact) mass is 375 g/mol. The first kappa shape index (κ1) is 18.6. The average Bonchev–Trinajstić information content (AvgIpc) is 3.15. The number of hydrogen-bond donors (Lipinski definition) is 2. The van der Waals surface area contributed by atoms with Crippen molar-refractivity contribution in [3.8, 4) is 11.3 Å². The molecule has 3 aromatic rings. The van der Waals surface area contributed by atoms with Crippen molar-refractivity contribution in [1.82, 2.24) is 25.5 Å². The molecule has 6 nitrogen and oxygen atoms in total. The van der Waals surface area contributed by atoms with Gasteiger partial charge in [-0.1, -0.05) is 12.1 Å². The molecule has 0 saturated heterocycles. The van der Waals surface area contributed by atoms with Gasteiger partial charge in [-0.2, -0.15) is 18.3 Å². The SMILES string of the molecule is Cc1cc(C(F)(F)F)nc(CCNC(=O)c2ccc(-c3ccn[nH]3)cc2)n1. The summed E-state index contributed by atoms with van der Waals surface area (Å²) in [5, 5.41) is 9.35. The minimum absolute atomic E-state index is 0.0391. The highest BCUT2D eigenvalue weighted by Gasteiger charge is 2.33. The van der Waals surface area contributed by atoms with Crippen LogP contribution in [0.1, 0.15) is 27.6 Å². The second kappa shape index (κ2) is 7.56. The van der Waals surface area contributed by atoms with Gasteiger partial charge in [-0.15, -0.1) is 0 Å². The molecule has 0 saturated carbocycles. The number of carbonyl (C=O) groups excluding carboxylic acids is 1. The number of H-pyrrole nitrogens is 1. The number of hydrogen-bond acceptors (Lipinski definition) is 4. The van der Waals surface area contributed by atoms with Crippen molar-refractivity contribution in [2.24, 2.45) is 0 Å². The lowest BCUT2D eigenvalue weighted by molar-refractivity contribution is -0.141. The van der Waals surface area contributed by atoms with Gasteiger partial charge in [0.15, 0.2) is 0 Å². The van der Waals surface area contributed by atoms with E-state index in [2.05, 4.69) is 25.5 Å². The number of carbonyl (C=O) groups is 1. The molecule has 3 rings (SSSR count). The Kier molecular flexibility index (Phi) is 5.20. The summed E-state index contributed by atoms with van der Waals surface area (Å²) in [6, 6.07) is 9.59. The quantitative estimate of drug-likeness (QED) is 0.718.